The number of benzene rings is 1. The van der Waals surface area contributed by atoms with Crippen LogP contribution in [0, 0.1) is 5.82 Å². The molecule has 0 saturated carbocycles. The van der Waals surface area contributed by atoms with Gasteiger partial charge in [-0.1, -0.05) is 34.7 Å². The number of nitrogens with one attached hydrogen (secondary N) is 1. The summed E-state index contributed by atoms with van der Waals surface area (Å²) in [6, 6.07) is 8.95. The summed E-state index contributed by atoms with van der Waals surface area (Å²) in [5.74, 6) is -0.254. The van der Waals surface area contributed by atoms with E-state index in [0.29, 0.717) is 28.6 Å². The number of aliphatic hydroxyl groups excluding tert-OH is 1. The number of aliphatic hydroxyl groups is 1. The Morgan fingerprint density at radius 1 is 1.32 bits per heavy atom. The molecular weight excluding hydrogens is 474 g/mol. The van der Waals surface area contributed by atoms with E-state index >= 15 is 0 Å². The number of nitrogens with zero attached hydrogens (tertiary/aromatic N) is 3. The Hall–Kier alpha value is -1.78. The first kappa shape index (κ1) is 19.5. The van der Waals surface area contributed by atoms with Crippen molar-refractivity contribution in [2.45, 2.75) is 35.5 Å². The summed E-state index contributed by atoms with van der Waals surface area (Å²) >= 11 is 2.42. The molecule has 0 bridgehead atoms. The monoisotopic (exact) mass is 496 g/mol. The number of alkyl halides is 1. The minimum absolute atomic E-state index is 0.254. The summed E-state index contributed by atoms with van der Waals surface area (Å²) < 4.78 is 19.0. The van der Waals surface area contributed by atoms with Crippen LogP contribution in [-0.2, 0) is 6.42 Å². The maximum atomic E-state index is 13.0. The van der Waals surface area contributed by atoms with Gasteiger partial charge in [-0.3, -0.25) is 9.88 Å². The van der Waals surface area contributed by atoms with E-state index in [1.54, 1.807) is 24.5 Å². The molecule has 3 atom stereocenters. The fraction of sp³-hybridized carbons (Fsp3) is 0.400. The molecule has 1 saturated heterocycles. The van der Waals surface area contributed by atoms with E-state index in [0.717, 1.165) is 30.5 Å². The van der Waals surface area contributed by atoms with Gasteiger partial charge < -0.3 is 14.8 Å². The zero-order valence-electron chi connectivity index (χ0n) is 15.3. The lowest BCUT2D eigenvalue weighted by molar-refractivity contribution is 0.0940. The predicted octanol–water partition coefficient (Wildman–Crippen LogP) is 3.60. The first-order valence-electron chi connectivity index (χ1n) is 9.34. The van der Waals surface area contributed by atoms with Crippen molar-refractivity contribution >= 4 is 39.7 Å². The number of β-amino-alcohol motifs (C(OH)–C–C–N with tert-alkyl or cyclic N) is 1. The van der Waals surface area contributed by atoms with Crippen LogP contribution in [-0.4, -0.2) is 49.3 Å². The van der Waals surface area contributed by atoms with Crippen LogP contribution in [0.3, 0.4) is 0 Å². The smallest absolute Gasteiger partial charge is 0.295 e. The molecule has 8 heteroatoms. The highest BCUT2D eigenvalue weighted by atomic mass is 127. The van der Waals surface area contributed by atoms with Crippen LogP contribution in [0.1, 0.15) is 18.4 Å². The number of oxazole rings is 1. The standard InChI is InChI=1S/C20H22FIN4O2/c21-14-3-1-13(2-4-14)9-16(27)12-26-8-6-15(10-19(26)22)24-20-25-17-5-7-23-11-18(17)28-20/h1-5,7,11,15-16,19,27H,6,8-10,12H2,(H,24,25). The number of pyridine rings is 1. The molecule has 148 valence electrons. The average Bonchev–Trinajstić information content (AvgIpc) is 3.08. The van der Waals surface area contributed by atoms with Crippen LogP contribution in [0.4, 0.5) is 10.4 Å². The molecular formula is C20H22FIN4O2. The number of anilines is 1. The van der Waals surface area contributed by atoms with Gasteiger partial charge in [-0.05, 0) is 43.0 Å². The van der Waals surface area contributed by atoms with E-state index in [-0.39, 0.29) is 11.9 Å². The molecule has 1 fully saturated rings. The van der Waals surface area contributed by atoms with Crippen molar-refractivity contribution in [1.82, 2.24) is 14.9 Å². The van der Waals surface area contributed by atoms with Crippen molar-refractivity contribution in [3.8, 4) is 0 Å². The summed E-state index contributed by atoms with van der Waals surface area (Å²) in [5.41, 5.74) is 2.42. The Balaban J connectivity index is 1.29. The molecule has 3 unspecified atom stereocenters. The number of likely N-dealkylation sites (tertiary alicyclic amines) is 1. The number of halogens is 2. The minimum atomic E-state index is -0.475. The molecule has 4 rings (SSSR count). The van der Waals surface area contributed by atoms with Gasteiger partial charge >= 0.3 is 0 Å². The number of hydrogen-bond donors (Lipinski definition) is 2. The third-order valence-electron chi connectivity index (χ3n) is 4.99. The highest BCUT2D eigenvalue weighted by Crippen LogP contribution is 2.26. The SMILES string of the molecule is OC(Cc1ccc(F)cc1)CN1CCC(Nc2nc3ccncc3o2)CC1I. The molecule has 6 nitrogen and oxygen atoms in total. The highest BCUT2D eigenvalue weighted by molar-refractivity contribution is 14.1. The third-order valence-corrected chi connectivity index (χ3v) is 6.29. The number of fused-ring (bicyclic) bond motifs is 1. The van der Waals surface area contributed by atoms with Gasteiger partial charge in [0.05, 0.1) is 16.3 Å². The number of rotatable bonds is 6. The van der Waals surface area contributed by atoms with Crippen molar-refractivity contribution in [2.75, 3.05) is 18.4 Å². The maximum Gasteiger partial charge on any atom is 0.295 e. The second-order valence-electron chi connectivity index (χ2n) is 7.14. The molecule has 2 N–H and O–H groups in total. The largest absolute Gasteiger partial charge is 0.422 e. The fourth-order valence-electron chi connectivity index (χ4n) is 3.54. The lowest BCUT2D eigenvalue weighted by atomic mass is 10.0. The highest BCUT2D eigenvalue weighted by Gasteiger charge is 2.28. The minimum Gasteiger partial charge on any atom is -0.422 e. The van der Waals surface area contributed by atoms with Crippen LogP contribution >= 0.6 is 22.6 Å². The first-order chi connectivity index (χ1) is 13.6. The van der Waals surface area contributed by atoms with E-state index in [4.69, 9.17) is 4.42 Å². The van der Waals surface area contributed by atoms with Crippen molar-refractivity contribution < 1.29 is 13.9 Å². The zero-order chi connectivity index (χ0) is 19.5. The molecule has 2 aromatic heterocycles. The van der Waals surface area contributed by atoms with Crippen molar-refractivity contribution in [1.29, 1.82) is 0 Å². The van der Waals surface area contributed by atoms with Gasteiger partial charge in [0, 0.05) is 25.3 Å². The third kappa shape index (κ3) is 4.79. The van der Waals surface area contributed by atoms with Crippen LogP contribution in [0.15, 0.2) is 47.1 Å². The normalized spacial score (nSPS) is 21.7. The van der Waals surface area contributed by atoms with Crippen LogP contribution < -0.4 is 5.32 Å². The molecule has 0 radical (unpaired) electrons. The second-order valence-corrected chi connectivity index (χ2v) is 8.58. The number of hydrogen-bond acceptors (Lipinski definition) is 6. The molecule has 28 heavy (non-hydrogen) atoms. The topological polar surface area (TPSA) is 74.4 Å². The Bertz CT molecular complexity index is 887. The Morgan fingerprint density at radius 2 is 2.14 bits per heavy atom. The lowest BCUT2D eigenvalue weighted by Gasteiger charge is -2.37. The van der Waals surface area contributed by atoms with Crippen molar-refractivity contribution in [2.24, 2.45) is 0 Å². The summed E-state index contributed by atoms with van der Waals surface area (Å²) in [4.78, 5) is 10.8. The summed E-state index contributed by atoms with van der Waals surface area (Å²) in [6.45, 7) is 1.49. The summed E-state index contributed by atoms with van der Waals surface area (Å²) in [7, 11) is 0. The fourth-order valence-corrected chi connectivity index (χ4v) is 4.66. The number of aromatic nitrogens is 2. The molecule has 1 aromatic carbocycles. The molecule has 0 spiro atoms. The second kappa shape index (κ2) is 8.71. The van der Waals surface area contributed by atoms with E-state index < -0.39 is 6.10 Å². The van der Waals surface area contributed by atoms with E-state index in [9.17, 15) is 9.50 Å². The van der Waals surface area contributed by atoms with Gasteiger partial charge in [-0.15, -0.1) is 0 Å². The molecule has 3 heterocycles. The molecule has 0 aliphatic carbocycles. The van der Waals surface area contributed by atoms with E-state index in [2.05, 4.69) is 42.8 Å². The van der Waals surface area contributed by atoms with Gasteiger partial charge in [0.2, 0.25) is 0 Å². The van der Waals surface area contributed by atoms with Gasteiger partial charge in [-0.25, -0.2) is 4.39 Å². The van der Waals surface area contributed by atoms with Crippen molar-refractivity contribution in [3.05, 3.63) is 54.1 Å². The van der Waals surface area contributed by atoms with Crippen LogP contribution in [0.25, 0.3) is 11.1 Å². The van der Waals surface area contributed by atoms with Gasteiger partial charge in [-0.2, -0.15) is 4.98 Å². The van der Waals surface area contributed by atoms with Gasteiger partial charge in [0.25, 0.3) is 6.01 Å². The van der Waals surface area contributed by atoms with Crippen molar-refractivity contribution in [3.63, 3.8) is 0 Å². The summed E-state index contributed by atoms with van der Waals surface area (Å²) in [5, 5.41) is 13.8. The first-order valence-corrected chi connectivity index (χ1v) is 10.6. The van der Waals surface area contributed by atoms with Crippen LogP contribution in [0.5, 0.6) is 0 Å². The quantitative estimate of drug-likeness (QED) is 0.309. The zero-order valence-corrected chi connectivity index (χ0v) is 17.4. The molecule has 1 aliphatic heterocycles. The Kier molecular flexibility index (Phi) is 6.07. The van der Waals surface area contributed by atoms with Gasteiger partial charge in [0.15, 0.2) is 5.58 Å². The predicted molar refractivity (Wildman–Crippen MR) is 114 cm³/mol. The molecule has 3 aromatic rings. The Morgan fingerprint density at radius 3 is 2.89 bits per heavy atom. The van der Waals surface area contributed by atoms with E-state index in [1.165, 1.54) is 12.1 Å². The molecule has 0 amide bonds. The number of piperidine rings is 1. The average molecular weight is 496 g/mol. The molecule has 1 aliphatic rings. The Labute approximate surface area is 176 Å². The van der Waals surface area contributed by atoms with Gasteiger partial charge in [0.1, 0.15) is 11.3 Å². The van der Waals surface area contributed by atoms with E-state index in [1.807, 2.05) is 6.07 Å². The summed E-state index contributed by atoms with van der Waals surface area (Å²) in [6.07, 6.45) is 5.29. The maximum absolute atomic E-state index is 13.0. The van der Waals surface area contributed by atoms with Crippen LogP contribution in [0.2, 0.25) is 0 Å². The lowest BCUT2D eigenvalue weighted by Crippen LogP contribution is -2.46.